The molecule has 4 rings (SSSR count). The van der Waals surface area contributed by atoms with Crippen LogP contribution in [0.5, 0.6) is 11.5 Å². The van der Waals surface area contributed by atoms with E-state index in [1.54, 1.807) is 0 Å². The first-order chi connectivity index (χ1) is 22.2. The van der Waals surface area contributed by atoms with E-state index in [4.69, 9.17) is 19.3 Å². The molecule has 7 nitrogen and oxygen atoms in total. The lowest BCUT2D eigenvalue weighted by atomic mass is 9.97. The largest absolute Gasteiger partial charge is 0.495 e. The number of rotatable bonds is 7. The molecular weight excluding hydrogens is 672 g/mol. The van der Waals surface area contributed by atoms with Gasteiger partial charge < -0.3 is 19.3 Å². The highest BCUT2D eigenvalue weighted by molar-refractivity contribution is 5.71. The van der Waals surface area contributed by atoms with Crippen molar-refractivity contribution < 1.29 is 72.8 Å². The Morgan fingerprint density at radius 2 is 1.44 bits per heavy atom. The molecule has 0 saturated carbocycles. The average Bonchev–Trinajstić information content (AvgIpc) is 3.26. The normalized spacial score (nSPS) is 16.7. The molecule has 0 radical (unpaired) electrons. The summed E-state index contributed by atoms with van der Waals surface area (Å²) in [5.41, 5.74) is -5.57. The van der Waals surface area contributed by atoms with Crippen molar-refractivity contribution in [1.82, 2.24) is 4.90 Å². The molecule has 3 aromatic carbocycles. The summed E-state index contributed by atoms with van der Waals surface area (Å²) in [5.74, 6) is 2.02. The second kappa shape index (κ2) is 13.2. The molecule has 2 atom stereocenters. The maximum Gasteiger partial charge on any atom is 0.416 e. The van der Waals surface area contributed by atoms with E-state index >= 15 is 0 Å². The summed E-state index contributed by atoms with van der Waals surface area (Å²) in [5, 5.41) is 8.81. The van der Waals surface area contributed by atoms with Crippen molar-refractivity contribution in [3.05, 3.63) is 93.3 Å². The molecule has 0 spiro atoms. The van der Waals surface area contributed by atoms with Gasteiger partial charge in [0.2, 0.25) is 0 Å². The molecule has 48 heavy (non-hydrogen) atoms. The third kappa shape index (κ3) is 8.04. The summed E-state index contributed by atoms with van der Waals surface area (Å²) in [6.45, 7) is -0.366. The van der Waals surface area contributed by atoms with E-state index in [0.717, 1.165) is 30.2 Å². The number of nitrogens with zero attached hydrogens (tertiary/aromatic N) is 1. The smallest absolute Gasteiger partial charge is 0.416 e. The first-order valence-corrected chi connectivity index (χ1v) is 13.4. The molecule has 0 aromatic heterocycles. The summed E-state index contributed by atoms with van der Waals surface area (Å²) < 4.78 is 151. The average molecular weight is 693 g/mol. The van der Waals surface area contributed by atoms with Crippen molar-refractivity contribution in [1.29, 1.82) is 0 Å². The van der Waals surface area contributed by atoms with E-state index in [-0.39, 0.29) is 28.5 Å². The number of hydrogen-bond acceptors (Lipinski definition) is 5. The molecule has 1 unspecified atom stereocenters. The van der Waals surface area contributed by atoms with Gasteiger partial charge in [0.15, 0.2) is 18.2 Å². The monoisotopic (exact) mass is 693 g/mol. The predicted octanol–water partition coefficient (Wildman–Crippen LogP) is 7.84. The zero-order valence-corrected chi connectivity index (χ0v) is 24.4. The van der Waals surface area contributed by atoms with Crippen LogP contribution in [-0.4, -0.2) is 41.8 Å². The Morgan fingerprint density at radius 3 is 1.98 bits per heavy atom. The number of ether oxygens (including phenoxy) is 3. The maximum atomic E-state index is 14.4. The predicted molar refractivity (Wildman–Crippen MR) is 144 cm³/mol. The van der Waals surface area contributed by atoms with Crippen molar-refractivity contribution >= 4 is 12.1 Å². The third-order valence-electron chi connectivity index (χ3n) is 7.04. The molecule has 1 fully saturated rings. The minimum atomic E-state index is -5.19. The SMILES string of the molecule is COc1cc(F)c(OCC(=O)O)cc1C#Cc1ccc(C(F)(F)F)cc1CN1C(=O)OC(c2cc(C(F)(F)F)cc(C(F)(F)F)c2)[C@@H]1C. The number of carbonyl (C=O) groups is 2. The number of methoxy groups -OCH3 is 1. The van der Waals surface area contributed by atoms with Crippen LogP contribution < -0.4 is 9.47 Å². The molecule has 1 aliphatic rings. The highest BCUT2D eigenvalue weighted by Gasteiger charge is 2.43. The van der Waals surface area contributed by atoms with Gasteiger partial charge in [-0.15, -0.1) is 0 Å². The second-order valence-corrected chi connectivity index (χ2v) is 10.3. The first kappa shape index (κ1) is 35.7. The minimum absolute atomic E-state index is 0.0795. The quantitative estimate of drug-likeness (QED) is 0.201. The fourth-order valence-corrected chi connectivity index (χ4v) is 4.70. The van der Waals surface area contributed by atoms with E-state index in [9.17, 15) is 53.5 Å². The molecule has 1 heterocycles. The standard InChI is InChI=1S/C31H21F10NO6/c1-15-27(18-7-21(30(36,37)38)11-22(8-18)31(39,40)41)48-28(45)42(15)13-19-9-20(29(33,34)35)6-5-16(19)3-4-17-10-25(47-14-26(43)44)23(32)12-24(17)46-2/h5-12,15,27H,13-14H2,1-2H3,(H,43,44)/t15-,27?/m0/s1. The molecule has 0 aliphatic carbocycles. The number of aliphatic carboxylic acids is 1. The Labute approximate surface area is 264 Å². The Morgan fingerprint density at radius 1 is 0.854 bits per heavy atom. The van der Waals surface area contributed by atoms with E-state index in [2.05, 4.69) is 11.8 Å². The van der Waals surface area contributed by atoms with Crippen molar-refractivity contribution in [3.8, 4) is 23.3 Å². The third-order valence-corrected chi connectivity index (χ3v) is 7.04. The van der Waals surface area contributed by atoms with Gasteiger partial charge in [-0.3, -0.25) is 4.90 Å². The van der Waals surface area contributed by atoms with Gasteiger partial charge in [0, 0.05) is 17.7 Å². The maximum absolute atomic E-state index is 14.4. The van der Waals surface area contributed by atoms with Crippen molar-refractivity contribution in [2.45, 2.75) is 44.1 Å². The lowest BCUT2D eigenvalue weighted by molar-refractivity contribution is -0.143. The van der Waals surface area contributed by atoms with E-state index < -0.39 is 89.7 Å². The second-order valence-electron chi connectivity index (χ2n) is 10.3. The van der Waals surface area contributed by atoms with E-state index in [1.165, 1.54) is 6.92 Å². The summed E-state index contributed by atoms with van der Waals surface area (Å²) in [4.78, 5) is 24.5. The van der Waals surface area contributed by atoms with Gasteiger partial charge in [-0.1, -0.05) is 11.8 Å². The van der Waals surface area contributed by atoms with Gasteiger partial charge >= 0.3 is 30.6 Å². The van der Waals surface area contributed by atoms with Crippen LogP contribution in [-0.2, 0) is 34.6 Å². The molecule has 1 N–H and O–H groups in total. The number of carbonyl (C=O) groups excluding carboxylic acids is 1. The number of hydrogen-bond donors (Lipinski definition) is 1. The summed E-state index contributed by atoms with van der Waals surface area (Å²) in [6, 6.07) is 3.49. The zero-order chi connectivity index (χ0) is 35.8. The van der Waals surface area contributed by atoms with Crippen molar-refractivity contribution in [2.24, 2.45) is 0 Å². The van der Waals surface area contributed by atoms with Gasteiger partial charge in [-0.25, -0.2) is 14.0 Å². The van der Waals surface area contributed by atoms with Crippen LogP contribution >= 0.6 is 0 Å². The number of carboxylic acids is 1. The van der Waals surface area contributed by atoms with Gasteiger partial charge in [0.25, 0.3) is 0 Å². The Bertz CT molecular complexity index is 1760. The minimum Gasteiger partial charge on any atom is -0.495 e. The molecule has 3 aromatic rings. The van der Waals surface area contributed by atoms with E-state index in [0.29, 0.717) is 24.3 Å². The molecular formula is C31H21F10NO6. The van der Waals surface area contributed by atoms with Crippen molar-refractivity contribution in [2.75, 3.05) is 13.7 Å². The molecule has 1 saturated heterocycles. The van der Waals surface area contributed by atoms with Crippen LogP contribution in [0.4, 0.5) is 48.7 Å². The first-order valence-electron chi connectivity index (χ1n) is 13.4. The van der Waals surface area contributed by atoms with Gasteiger partial charge in [0.1, 0.15) is 11.9 Å². The Balaban J connectivity index is 1.74. The molecule has 0 bridgehead atoms. The Hall–Kier alpha value is -5.14. The van der Waals surface area contributed by atoms with Crippen LogP contribution in [0.15, 0.2) is 48.5 Å². The van der Waals surface area contributed by atoms with Crippen LogP contribution in [0.1, 0.15) is 52.0 Å². The fraction of sp³-hybridized carbons (Fsp3) is 0.290. The van der Waals surface area contributed by atoms with Crippen LogP contribution in [0, 0.1) is 17.7 Å². The molecule has 1 amide bonds. The number of amides is 1. The number of benzene rings is 3. The van der Waals surface area contributed by atoms with Crippen LogP contribution in [0.2, 0.25) is 0 Å². The van der Waals surface area contributed by atoms with Crippen LogP contribution in [0.25, 0.3) is 0 Å². The highest BCUT2D eigenvalue weighted by Crippen LogP contribution is 2.41. The number of carboxylic acid groups (broad SMARTS) is 1. The Kier molecular flexibility index (Phi) is 9.79. The summed E-state index contributed by atoms with van der Waals surface area (Å²) >= 11 is 0. The topological polar surface area (TPSA) is 85.3 Å². The number of halogens is 10. The summed E-state index contributed by atoms with van der Waals surface area (Å²) in [7, 11) is 1.15. The lowest BCUT2D eigenvalue weighted by Gasteiger charge is -2.23. The van der Waals surface area contributed by atoms with Crippen LogP contribution in [0.3, 0.4) is 0 Å². The summed E-state index contributed by atoms with van der Waals surface area (Å²) in [6.07, 6.45) is -18.2. The lowest BCUT2D eigenvalue weighted by Crippen LogP contribution is -2.32. The van der Waals surface area contributed by atoms with Crippen molar-refractivity contribution in [3.63, 3.8) is 0 Å². The zero-order valence-electron chi connectivity index (χ0n) is 24.4. The highest BCUT2D eigenvalue weighted by atomic mass is 19.4. The molecule has 256 valence electrons. The van der Waals surface area contributed by atoms with Gasteiger partial charge in [0.05, 0.1) is 42.0 Å². The number of cyclic esters (lactones) is 1. The van der Waals surface area contributed by atoms with E-state index in [1.807, 2.05) is 0 Å². The number of alkyl halides is 9. The molecule has 17 heteroatoms. The van der Waals surface area contributed by atoms with Gasteiger partial charge in [-0.2, -0.15) is 39.5 Å². The van der Waals surface area contributed by atoms with Gasteiger partial charge in [-0.05, 0) is 54.4 Å². The molecule has 1 aliphatic heterocycles. The fourth-order valence-electron chi connectivity index (χ4n) is 4.70.